The number of benzene rings is 2. The van der Waals surface area contributed by atoms with Gasteiger partial charge in [-0.3, -0.25) is 9.59 Å². The predicted molar refractivity (Wildman–Crippen MR) is 116 cm³/mol. The second kappa shape index (κ2) is 8.71. The molecule has 0 saturated carbocycles. The fraction of sp³-hybridized carbons (Fsp3) is 0.333. The highest BCUT2D eigenvalue weighted by Crippen LogP contribution is 2.22. The number of hydrogen-bond donors (Lipinski definition) is 0. The Balaban J connectivity index is 1.73. The topological polar surface area (TPSA) is 60.8 Å². The lowest BCUT2D eigenvalue weighted by molar-refractivity contribution is 0.0508. The van der Waals surface area contributed by atoms with Crippen molar-refractivity contribution in [3.05, 3.63) is 76.1 Å². The van der Waals surface area contributed by atoms with Crippen molar-refractivity contribution in [1.82, 2.24) is 9.47 Å². The third-order valence-corrected chi connectivity index (χ3v) is 5.63. The average molecular weight is 406 g/mol. The summed E-state index contributed by atoms with van der Waals surface area (Å²) < 4.78 is 12.7. The molecule has 1 fully saturated rings. The van der Waals surface area contributed by atoms with Gasteiger partial charge in [0.25, 0.3) is 11.5 Å². The number of nitrogens with zero attached hydrogens (tertiary/aromatic N) is 2. The number of carbonyl (C=O) groups excluding carboxylic acids is 1. The van der Waals surface area contributed by atoms with Crippen LogP contribution in [0.25, 0.3) is 10.9 Å². The molecule has 1 aromatic heterocycles. The number of rotatable bonds is 6. The van der Waals surface area contributed by atoms with Gasteiger partial charge in [-0.25, -0.2) is 0 Å². The lowest BCUT2D eigenvalue weighted by Gasteiger charge is -2.26. The number of aromatic nitrogens is 1. The van der Waals surface area contributed by atoms with Crippen LogP contribution in [0.2, 0.25) is 0 Å². The van der Waals surface area contributed by atoms with E-state index < -0.39 is 0 Å². The molecule has 1 unspecified atom stereocenters. The first-order valence-electron chi connectivity index (χ1n) is 10.2. The maximum Gasteiger partial charge on any atom is 0.255 e. The van der Waals surface area contributed by atoms with Crippen LogP contribution in [0, 0.1) is 0 Å². The van der Waals surface area contributed by atoms with Gasteiger partial charge < -0.3 is 18.9 Å². The molecule has 0 aliphatic carbocycles. The SMILES string of the molecule is COc1cccc(CN(CC2CCCO2)C(=O)c2cc(=O)n(C)c3ccccc23)c1. The van der Waals surface area contributed by atoms with Gasteiger partial charge in [-0.1, -0.05) is 30.3 Å². The molecule has 1 saturated heterocycles. The van der Waals surface area contributed by atoms with Crippen molar-refractivity contribution in [2.75, 3.05) is 20.3 Å². The molecule has 1 aliphatic heterocycles. The second-order valence-electron chi connectivity index (χ2n) is 7.64. The van der Waals surface area contributed by atoms with Gasteiger partial charge in [0, 0.05) is 38.2 Å². The van der Waals surface area contributed by atoms with E-state index in [-0.39, 0.29) is 17.6 Å². The van der Waals surface area contributed by atoms with E-state index in [2.05, 4.69) is 0 Å². The Hall–Kier alpha value is -3.12. The summed E-state index contributed by atoms with van der Waals surface area (Å²) in [6, 6.07) is 16.6. The number of ether oxygens (including phenoxy) is 2. The minimum Gasteiger partial charge on any atom is -0.497 e. The molecule has 2 aromatic carbocycles. The molecular formula is C24H26N2O4. The Morgan fingerprint density at radius 1 is 1.20 bits per heavy atom. The molecule has 0 spiro atoms. The molecule has 3 aromatic rings. The zero-order valence-corrected chi connectivity index (χ0v) is 17.3. The van der Waals surface area contributed by atoms with Crippen LogP contribution in [0.3, 0.4) is 0 Å². The Bertz CT molecular complexity index is 1120. The molecule has 4 rings (SSSR count). The Morgan fingerprint density at radius 2 is 2.03 bits per heavy atom. The van der Waals surface area contributed by atoms with E-state index in [1.807, 2.05) is 48.5 Å². The number of aryl methyl sites for hydroxylation is 1. The minimum absolute atomic E-state index is 0.0115. The summed E-state index contributed by atoms with van der Waals surface area (Å²) in [5.74, 6) is 0.582. The van der Waals surface area contributed by atoms with E-state index in [9.17, 15) is 9.59 Å². The van der Waals surface area contributed by atoms with Crippen LogP contribution < -0.4 is 10.3 Å². The molecule has 2 heterocycles. The van der Waals surface area contributed by atoms with Gasteiger partial charge in [0.1, 0.15) is 5.75 Å². The molecule has 1 aliphatic rings. The average Bonchev–Trinajstić information content (AvgIpc) is 3.28. The minimum atomic E-state index is -0.199. The fourth-order valence-corrected chi connectivity index (χ4v) is 4.00. The summed E-state index contributed by atoms with van der Waals surface area (Å²) in [6.45, 7) is 1.62. The maximum absolute atomic E-state index is 13.7. The van der Waals surface area contributed by atoms with Crippen LogP contribution in [-0.2, 0) is 18.3 Å². The standard InChI is InChI=1S/C24H26N2O4/c1-25-22-11-4-3-10-20(22)21(14-23(25)27)24(28)26(16-19-9-6-12-30-19)15-17-7-5-8-18(13-17)29-2/h3-5,7-8,10-11,13-14,19H,6,9,12,15-16H2,1-2H3. The van der Waals surface area contributed by atoms with Crippen LogP contribution in [0.15, 0.2) is 59.4 Å². The second-order valence-corrected chi connectivity index (χ2v) is 7.64. The zero-order chi connectivity index (χ0) is 21.1. The molecule has 0 radical (unpaired) electrons. The van der Waals surface area contributed by atoms with E-state index in [0.717, 1.165) is 41.7 Å². The number of pyridine rings is 1. The first-order chi connectivity index (χ1) is 14.6. The first-order valence-corrected chi connectivity index (χ1v) is 10.2. The molecule has 0 bridgehead atoms. The van der Waals surface area contributed by atoms with Crippen molar-refractivity contribution in [2.45, 2.75) is 25.5 Å². The van der Waals surface area contributed by atoms with Crippen LogP contribution in [0.1, 0.15) is 28.8 Å². The number of carbonyl (C=O) groups is 1. The quantitative estimate of drug-likeness (QED) is 0.630. The summed E-state index contributed by atoms with van der Waals surface area (Å²) >= 11 is 0. The molecule has 6 heteroatoms. The molecule has 1 atom stereocenters. The normalized spacial score (nSPS) is 16.0. The van der Waals surface area contributed by atoms with Crippen molar-refractivity contribution >= 4 is 16.8 Å². The van der Waals surface area contributed by atoms with Crippen LogP contribution in [0.5, 0.6) is 5.75 Å². The molecule has 156 valence electrons. The lowest BCUT2D eigenvalue weighted by Crippen LogP contribution is -2.37. The largest absolute Gasteiger partial charge is 0.497 e. The number of hydrogen-bond acceptors (Lipinski definition) is 4. The van der Waals surface area contributed by atoms with E-state index in [0.29, 0.717) is 18.7 Å². The molecule has 30 heavy (non-hydrogen) atoms. The summed E-state index contributed by atoms with van der Waals surface area (Å²) in [5, 5.41) is 0.771. The van der Waals surface area contributed by atoms with Crippen molar-refractivity contribution in [3.63, 3.8) is 0 Å². The summed E-state index contributed by atoms with van der Waals surface area (Å²) in [4.78, 5) is 28.0. The van der Waals surface area contributed by atoms with E-state index in [1.165, 1.54) is 6.07 Å². The lowest BCUT2D eigenvalue weighted by atomic mass is 10.1. The van der Waals surface area contributed by atoms with Crippen molar-refractivity contribution in [1.29, 1.82) is 0 Å². The molecule has 6 nitrogen and oxygen atoms in total. The van der Waals surface area contributed by atoms with Crippen molar-refractivity contribution in [2.24, 2.45) is 7.05 Å². The number of methoxy groups -OCH3 is 1. The summed E-state index contributed by atoms with van der Waals surface area (Å²) in [7, 11) is 3.35. The fourth-order valence-electron chi connectivity index (χ4n) is 4.00. The Morgan fingerprint density at radius 3 is 2.80 bits per heavy atom. The zero-order valence-electron chi connectivity index (χ0n) is 17.3. The number of amides is 1. The third-order valence-electron chi connectivity index (χ3n) is 5.63. The smallest absolute Gasteiger partial charge is 0.255 e. The number of fused-ring (bicyclic) bond motifs is 1. The van der Waals surface area contributed by atoms with Crippen LogP contribution in [0.4, 0.5) is 0 Å². The van der Waals surface area contributed by atoms with Gasteiger partial charge in [0.2, 0.25) is 0 Å². The van der Waals surface area contributed by atoms with E-state index in [4.69, 9.17) is 9.47 Å². The monoisotopic (exact) mass is 406 g/mol. The van der Waals surface area contributed by atoms with Gasteiger partial charge in [-0.2, -0.15) is 0 Å². The first kappa shape index (κ1) is 20.2. The summed E-state index contributed by atoms with van der Waals surface area (Å²) in [6.07, 6.45) is 1.94. The highest BCUT2D eigenvalue weighted by atomic mass is 16.5. The van der Waals surface area contributed by atoms with Gasteiger partial charge in [-0.15, -0.1) is 0 Å². The van der Waals surface area contributed by atoms with Crippen molar-refractivity contribution in [3.8, 4) is 5.75 Å². The van der Waals surface area contributed by atoms with Gasteiger partial charge in [0.15, 0.2) is 0 Å². The van der Waals surface area contributed by atoms with E-state index in [1.54, 1.807) is 23.6 Å². The molecule has 0 N–H and O–H groups in total. The number of para-hydroxylation sites is 1. The van der Waals surface area contributed by atoms with Crippen LogP contribution in [-0.4, -0.2) is 41.7 Å². The van der Waals surface area contributed by atoms with E-state index >= 15 is 0 Å². The van der Waals surface area contributed by atoms with Crippen molar-refractivity contribution < 1.29 is 14.3 Å². The predicted octanol–water partition coefficient (Wildman–Crippen LogP) is 3.37. The highest BCUT2D eigenvalue weighted by molar-refractivity contribution is 6.06. The van der Waals surface area contributed by atoms with Gasteiger partial charge >= 0.3 is 0 Å². The Kier molecular flexibility index (Phi) is 5.86. The van der Waals surface area contributed by atoms with Gasteiger partial charge in [0.05, 0.1) is 24.3 Å². The third kappa shape index (κ3) is 4.09. The van der Waals surface area contributed by atoms with Crippen LogP contribution >= 0.6 is 0 Å². The highest BCUT2D eigenvalue weighted by Gasteiger charge is 2.25. The van der Waals surface area contributed by atoms with Gasteiger partial charge in [-0.05, 0) is 36.6 Å². The molecule has 1 amide bonds. The Labute approximate surface area is 175 Å². The summed E-state index contributed by atoms with van der Waals surface area (Å²) in [5.41, 5.74) is 1.94. The maximum atomic E-state index is 13.7. The molecular weight excluding hydrogens is 380 g/mol.